The summed E-state index contributed by atoms with van der Waals surface area (Å²) in [5.74, 6) is -0.125. The number of nitrogens with zero attached hydrogens (tertiary/aromatic N) is 4. The van der Waals surface area contributed by atoms with Crippen molar-refractivity contribution in [3.8, 4) is 11.4 Å². The number of amides is 3. The van der Waals surface area contributed by atoms with Gasteiger partial charge in [0.2, 0.25) is 5.82 Å². The zero-order valence-electron chi connectivity index (χ0n) is 13.5. The zero-order chi connectivity index (χ0) is 17.6. The lowest BCUT2D eigenvalue weighted by Crippen LogP contribution is -2.37. The van der Waals surface area contributed by atoms with Gasteiger partial charge in [-0.05, 0) is 29.8 Å². The SMILES string of the molecule is Cc1cccc(NC(=O)NC(=O)Cn2nnc(-c3ccccc3)n2)c1. The van der Waals surface area contributed by atoms with Gasteiger partial charge in [-0.15, -0.1) is 10.2 Å². The van der Waals surface area contributed by atoms with E-state index >= 15 is 0 Å². The van der Waals surface area contributed by atoms with Crippen LogP contribution >= 0.6 is 0 Å². The molecule has 3 rings (SSSR count). The van der Waals surface area contributed by atoms with Gasteiger partial charge in [0.05, 0.1) is 0 Å². The first kappa shape index (κ1) is 16.3. The quantitative estimate of drug-likeness (QED) is 0.759. The van der Waals surface area contributed by atoms with Crippen LogP contribution in [0.5, 0.6) is 0 Å². The van der Waals surface area contributed by atoms with Crippen molar-refractivity contribution >= 4 is 17.6 Å². The summed E-state index contributed by atoms with van der Waals surface area (Å²) in [5, 5.41) is 16.7. The number of tetrazole rings is 1. The molecular weight excluding hydrogens is 320 g/mol. The molecule has 8 nitrogen and oxygen atoms in total. The minimum atomic E-state index is -0.612. The van der Waals surface area contributed by atoms with Crippen molar-refractivity contribution in [3.63, 3.8) is 0 Å². The third kappa shape index (κ3) is 4.47. The fraction of sp³-hybridized carbons (Fsp3) is 0.118. The first-order valence-corrected chi connectivity index (χ1v) is 7.61. The van der Waals surface area contributed by atoms with Gasteiger partial charge in [0.25, 0.3) is 5.91 Å². The molecule has 0 aliphatic rings. The van der Waals surface area contributed by atoms with Crippen LogP contribution in [-0.2, 0) is 11.3 Å². The summed E-state index contributed by atoms with van der Waals surface area (Å²) in [5.41, 5.74) is 2.41. The molecule has 0 radical (unpaired) electrons. The molecule has 0 bridgehead atoms. The minimum absolute atomic E-state index is 0.207. The van der Waals surface area contributed by atoms with Gasteiger partial charge in [0.1, 0.15) is 6.54 Å². The van der Waals surface area contributed by atoms with Gasteiger partial charge in [-0.3, -0.25) is 10.1 Å². The highest BCUT2D eigenvalue weighted by molar-refractivity contribution is 6.01. The number of anilines is 1. The van der Waals surface area contributed by atoms with Crippen LogP contribution in [0.2, 0.25) is 0 Å². The Bertz CT molecular complexity index is 891. The van der Waals surface area contributed by atoms with Gasteiger partial charge in [-0.25, -0.2) is 4.79 Å². The van der Waals surface area contributed by atoms with Crippen LogP contribution in [0.25, 0.3) is 11.4 Å². The van der Waals surface area contributed by atoms with Crippen LogP contribution in [0.4, 0.5) is 10.5 Å². The van der Waals surface area contributed by atoms with E-state index in [2.05, 4.69) is 26.0 Å². The highest BCUT2D eigenvalue weighted by Crippen LogP contribution is 2.11. The predicted octanol–water partition coefficient (Wildman–Crippen LogP) is 2.00. The van der Waals surface area contributed by atoms with Crippen molar-refractivity contribution in [3.05, 3.63) is 60.2 Å². The van der Waals surface area contributed by atoms with Crippen molar-refractivity contribution in [2.75, 3.05) is 5.32 Å². The molecule has 126 valence electrons. The van der Waals surface area contributed by atoms with E-state index in [1.165, 1.54) is 0 Å². The summed E-state index contributed by atoms with van der Waals surface area (Å²) < 4.78 is 0. The second-order valence-corrected chi connectivity index (χ2v) is 5.38. The molecule has 8 heteroatoms. The molecule has 25 heavy (non-hydrogen) atoms. The fourth-order valence-electron chi connectivity index (χ4n) is 2.19. The number of urea groups is 1. The molecule has 3 amide bonds. The topological polar surface area (TPSA) is 102 Å². The average Bonchev–Trinajstić information content (AvgIpc) is 3.03. The zero-order valence-corrected chi connectivity index (χ0v) is 13.5. The van der Waals surface area contributed by atoms with Crippen LogP contribution in [0.3, 0.4) is 0 Å². The predicted molar refractivity (Wildman–Crippen MR) is 91.6 cm³/mol. The number of hydrogen-bond donors (Lipinski definition) is 2. The molecule has 2 N–H and O–H groups in total. The molecule has 0 saturated carbocycles. The summed E-state index contributed by atoms with van der Waals surface area (Å²) in [6.07, 6.45) is 0. The molecule has 0 fully saturated rings. The molecule has 0 aliphatic carbocycles. The first-order valence-electron chi connectivity index (χ1n) is 7.61. The lowest BCUT2D eigenvalue weighted by molar-refractivity contribution is -0.120. The van der Waals surface area contributed by atoms with Crippen molar-refractivity contribution < 1.29 is 9.59 Å². The van der Waals surface area contributed by atoms with Crippen LogP contribution < -0.4 is 10.6 Å². The number of benzene rings is 2. The van der Waals surface area contributed by atoms with Gasteiger partial charge in [-0.2, -0.15) is 4.80 Å². The standard InChI is InChI=1S/C17H16N6O2/c1-12-6-5-9-14(10-12)18-17(25)19-15(24)11-23-21-16(20-22-23)13-7-3-2-4-8-13/h2-10H,11H2,1H3,(H2,18,19,24,25). The molecule has 0 atom stereocenters. The molecule has 0 saturated heterocycles. The van der Waals surface area contributed by atoms with Crippen molar-refractivity contribution in [2.45, 2.75) is 13.5 Å². The smallest absolute Gasteiger partial charge is 0.308 e. The van der Waals surface area contributed by atoms with E-state index in [1.807, 2.05) is 49.4 Å². The normalized spacial score (nSPS) is 10.3. The number of carbonyl (C=O) groups is 2. The van der Waals surface area contributed by atoms with E-state index in [4.69, 9.17) is 0 Å². The number of hydrogen-bond acceptors (Lipinski definition) is 5. The summed E-state index contributed by atoms with van der Waals surface area (Å²) in [4.78, 5) is 24.9. The third-order valence-electron chi connectivity index (χ3n) is 3.30. The van der Waals surface area contributed by atoms with Crippen molar-refractivity contribution in [1.29, 1.82) is 0 Å². The lowest BCUT2D eigenvalue weighted by Gasteiger charge is -2.06. The summed E-state index contributed by atoms with van der Waals surface area (Å²) in [6, 6.07) is 15.9. The Morgan fingerprint density at radius 2 is 1.88 bits per heavy atom. The van der Waals surface area contributed by atoms with Crippen LogP contribution in [0.1, 0.15) is 5.56 Å². The number of carbonyl (C=O) groups excluding carboxylic acids is 2. The second kappa shape index (κ2) is 7.35. The number of rotatable bonds is 4. The van der Waals surface area contributed by atoms with E-state index in [9.17, 15) is 9.59 Å². The van der Waals surface area contributed by atoms with E-state index in [0.717, 1.165) is 15.9 Å². The third-order valence-corrected chi connectivity index (χ3v) is 3.30. The van der Waals surface area contributed by atoms with Gasteiger partial charge in [0, 0.05) is 11.3 Å². The Kier molecular flexibility index (Phi) is 4.79. The van der Waals surface area contributed by atoms with Crippen LogP contribution in [0, 0.1) is 6.92 Å². The van der Waals surface area contributed by atoms with Crippen LogP contribution in [0.15, 0.2) is 54.6 Å². The molecule has 0 aliphatic heterocycles. The summed E-state index contributed by atoms with van der Waals surface area (Å²) >= 11 is 0. The van der Waals surface area contributed by atoms with E-state index in [1.54, 1.807) is 12.1 Å². The molecule has 2 aromatic carbocycles. The number of nitrogens with one attached hydrogen (secondary N) is 2. The number of imide groups is 1. The van der Waals surface area contributed by atoms with Gasteiger partial charge < -0.3 is 5.32 Å². The Morgan fingerprint density at radius 3 is 2.64 bits per heavy atom. The highest BCUT2D eigenvalue weighted by Gasteiger charge is 2.12. The van der Waals surface area contributed by atoms with Gasteiger partial charge >= 0.3 is 6.03 Å². The Labute approximate surface area is 143 Å². The van der Waals surface area contributed by atoms with E-state index in [-0.39, 0.29) is 6.54 Å². The fourth-order valence-corrected chi connectivity index (χ4v) is 2.19. The van der Waals surface area contributed by atoms with Gasteiger partial charge in [0.15, 0.2) is 0 Å². The summed E-state index contributed by atoms with van der Waals surface area (Å²) in [6.45, 7) is 1.70. The lowest BCUT2D eigenvalue weighted by atomic mass is 10.2. The largest absolute Gasteiger partial charge is 0.325 e. The maximum atomic E-state index is 11.9. The maximum absolute atomic E-state index is 11.9. The molecule has 0 unspecified atom stereocenters. The van der Waals surface area contributed by atoms with Gasteiger partial charge in [-0.1, -0.05) is 42.5 Å². The maximum Gasteiger partial charge on any atom is 0.325 e. The van der Waals surface area contributed by atoms with Crippen molar-refractivity contribution in [2.24, 2.45) is 0 Å². The average molecular weight is 336 g/mol. The highest BCUT2D eigenvalue weighted by atomic mass is 16.2. The molecule has 0 spiro atoms. The number of aryl methyl sites for hydroxylation is 1. The second-order valence-electron chi connectivity index (χ2n) is 5.38. The van der Waals surface area contributed by atoms with E-state index in [0.29, 0.717) is 11.5 Å². The van der Waals surface area contributed by atoms with E-state index < -0.39 is 11.9 Å². The number of aromatic nitrogens is 4. The molecule has 1 aromatic heterocycles. The van der Waals surface area contributed by atoms with Crippen LogP contribution in [-0.4, -0.2) is 32.1 Å². The summed E-state index contributed by atoms with van der Waals surface area (Å²) in [7, 11) is 0. The monoisotopic (exact) mass is 336 g/mol. The minimum Gasteiger partial charge on any atom is -0.308 e. The Balaban J connectivity index is 1.56. The molecule has 3 aromatic rings. The molecule has 1 heterocycles. The Morgan fingerprint density at radius 1 is 1.08 bits per heavy atom. The van der Waals surface area contributed by atoms with Crippen molar-refractivity contribution in [1.82, 2.24) is 25.5 Å². The molecular formula is C17H16N6O2. The Hall–Kier alpha value is -3.55. The first-order chi connectivity index (χ1) is 12.1.